The predicted octanol–water partition coefficient (Wildman–Crippen LogP) is 3.78. The van der Waals surface area contributed by atoms with Crippen LogP contribution in [0.3, 0.4) is 0 Å². The number of hydrogen-bond acceptors (Lipinski definition) is 7. The lowest BCUT2D eigenvalue weighted by Gasteiger charge is -2.36. The third-order valence-electron chi connectivity index (χ3n) is 6.53. The lowest BCUT2D eigenvalue weighted by atomic mass is 9.82. The van der Waals surface area contributed by atoms with E-state index in [0.717, 1.165) is 61.1 Å². The predicted molar refractivity (Wildman–Crippen MR) is 127 cm³/mol. The lowest BCUT2D eigenvalue weighted by Crippen LogP contribution is -2.47. The summed E-state index contributed by atoms with van der Waals surface area (Å²) in [5, 5.41) is 9.39. The summed E-state index contributed by atoms with van der Waals surface area (Å²) in [5.41, 5.74) is 1.24. The Kier molecular flexibility index (Phi) is 6.86. The van der Waals surface area contributed by atoms with E-state index in [4.69, 9.17) is 9.97 Å². The van der Waals surface area contributed by atoms with Crippen LogP contribution in [0.4, 0.5) is 5.82 Å². The number of aryl methyl sites for hydroxylation is 1. The summed E-state index contributed by atoms with van der Waals surface area (Å²) in [6.07, 6.45) is 5.06. The van der Waals surface area contributed by atoms with Gasteiger partial charge in [-0.05, 0) is 32.7 Å². The topological polar surface area (TPSA) is 63.0 Å². The lowest BCUT2D eigenvalue weighted by molar-refractivity contribution is 0.258. The number of piperazine rings is 1. The van der Waals surface area contributed by atoms with E-state index in [9.17, 15) is 0 Å². The Morgan fingerprint density at radius 1 is 1.06 bits per heavy atom. The fourth-order valence-corrected chi connectivity index (χ4v) is 4.91. The molecule has 2 fully saturated rings. The molecule has 8 heteroatoms. The summed E-state index contributed by atoms with van der Waals surface area (Å²) in [6, 6.07) is 2.27. The average Bonchev–Trinajstić information content (AvgIpc) is 3.02. The Morgan fingerprint density at radius 3 is 2.39 bits per heavy atom. The van der Waals surface area contributed by atoms with Gasteiger partial charge in [-0.2, -0.15) is 0 Å². The van der Waals surface area contributed by atoms with Crippen molar-refractivity contribution in [3.05, 3.63) is 23.4 Å². The molecule has 31 heavy (non-hydrogen) atoms. The van der Waals surface area contributed by atoms with E-state index < -0.39 is 0 Å². The summed E-state index contributed by atoms with van der Waals surface area (Å²) in [4.78, 5) is 15.0. The van der Waals surface area contributed by atoms with E-state index in [1.54, 1.807) is 11.8 Å². The number of aromatic nitrogens is 5. The summed E-state index contributed by atoms with van der Waals surface area (Å²) >= 11 is 1.80. The van der Waals surface area contributed by atoms with Gasteiger partial charge in [0, 0.05) is 62.1 Å². The molecule has 1 saturated heterocycles. The Morgan fingerprint density at radius 2 is 1.81 bits per heavy atom. The molecular weight excluding hydrogens is 406 g/mol. The Balaban J connectivity index is 1.29. The van der Waals surface area contributed by atoms with Crippen molar-refractivity contribution in [1.29, 1.82) is 0 Å². The van der Waals surface area contributed by atoms with Crippen molar-refractivity contribution < 1.29 is 0 Å². The number of anilines is 1. The largest absolute Gasteiger partial charge is 0.354 e. The minimum atomic E-state index is -0.0186. The number of nitrogens with zero attached hydrogens (tertiary/aromatic N) is 7. The molecule has 0 spiro atoms. The second kappa shape index (κ2) is 9.45. The molecule has 2 aliphatic rings. The van der Waals surface area contributed by atoms with Gasteiger partial charge in [0.1, 0.15) is 17.5 Å². The van der Waals surface area contributed by atoms with E-state index in [1.165, 1.54) is 31.4 Å². The van der Waals surface area contributed by atoms with E-state index in [0.29, 0.717) is 5.92 Å². The molecule has 2 aromatic rings. The third kappa shape index (κ3) is 5.40. The van der Waals surface area contributed by atoms with Crippen molar-refractivity contribution in [2.24, 2.45) is 7.05 Å². The van der Waals surface area contributed by atoms with Gasteiger partial charge in [0.2, 0.25) is 0 Å². The van der Waals surface area contributed by atoms with Crippen LogP contribution in [0.25, 0.3) is 0 Å². The van der Waals surface area contributed by atoms with Crippen molar-refractivity contribution >= 4 is 17.6 Å². The molecule has 1 aliphatic carbocycles. The fraction of sp³-hybridized carbons (Fsp3) is 0.739. The van der Waals surface area contributed by atoms with Gasteiger partial charge in [-0.3, -0.25) is 4.90 Å². The average molecular weight is 444 g/mol. The van der Waals surface area contributed by atoms with Crippen LogP contribution in [0.15, 0.2) is 11.2 Å². The summed E-state index contributed by atoms with van der Waals surface area (Å²) in [5.74, 6) is 4.82. The molecule has 0 bridgehead atoms. The Labute approximate surface area is 191 Å². The highest BCUT2D eigenvalue weighted by atomic mass is 32.2. The minimum absolute atomic E-state index is 0.0186. The molecule has 0 amide bonds. The molecule has 0 unspecified atom stereocenters. The zero-order chi connectivity index (χ0) is 22.0. The van der Waals surface area contributed by atoms with Crippen molar-refractivity contribution in [2.45, 2.75) is 69.9 Å². The highest BCUT2D eigenvalue weighted by Gasteiger charge is 2.27. The van der Waals surface area contributed by atoms with Gasteiger partial charge in [-0.15, -0.1) is 10.2 Å². The molecule has 3 heterocycles. The smallest absolute Gasteiger partial charge is 0.190 e. The molecule has 1 saturated carbocycles. The Bertz CT molecular complexity index is 877. The van der Waals surface area contributed by atoms with E-state index in [-0.39, 0.29) is 5.41 Å². The van der Waals surface area contributed by atoms with Gasteiger partial charge < -0.3 is 9.47 Å². The highest BCUT2D eigenvalue weighted by Crippen LogP contribution is 2.37. The monoisotopic (exact) mass is 443 g/mol. The highest BCUT2D eigenvalue weighted by molar-refractivity contribution is 7.99. The first kappa shape index (κ1) is 22.5. The minimum Gasteiger partial charge on any atom is -0.354 e. The number of thioether (sulfide) groups is 1. The molecule has 2 aromatic heterocycles. The molecule has 4 rings (SSSR count). The van der Waals surface area contributed by atoms with E-state index in [1.807, 2.05) is 14.0 Å². The second-order valence-corrected chi connectivity index (χ2v) is 11.0. The molecule has 0 atom stereocenters. The number of rotatable bonds is 7. The summed E-state index contributed by atoms with van der Waals surface area (Å²) < 4.78 is 2.06. The molecule has 170 valence electrons. The van der Waals surface area contributed by atoms with Crippen LogP contribution in [0.5, 0.6) is 0 Å². The van der Waals surface area contributed by atoms with Crippen LogP contribution < -0.4 is 4.90 Å². The van der Waals surface area contributed by atoms with Crippen molar-refractivity contribution in [2.75, 3.05) is 43.4 Å². The quantitative estimate of drug-likeness (QED) is 0.477. The van der Waals surface area contributed by atoms with Gasteiger partial charge in [-0.1, -0.05) is 39.0 Å². The van der Waals surface area contributed by atoms with Gasteiger partial charge in [0.25, 0.3) is 0 Å². The maximum atomic E-state index is 4.99. The number of hydrogen-bond donors (Lipinski definition) is 0. The summed E-state index contributed by atoms with van der Waals surface area (Å²) in [7, 11) is 2.03. The molecular formula is C23H37N7S. The van der Waals surface area contributed by atoms with Crippen molar-refractivity contribution in [3.8, 4) is 0 Å². The normalized spacial score (nSPS) is 18.4. The van der Waals surface area contributed by atoms with Crippen molar-refractivity contribution in [3.63, 3.8) is 0 Å². The van der Waals surface area contributed by atoms with Gasteiger partial charge in [0.05, 0.1) is 0 Å². The van der Waals surface area contributed by atoms with E-state index >= 15 is 0 Å². The maximum Gasteiger partial charge on any atom is 0.190 e. The summed E-state index contributed by atoms with van der Waals surface area (Å²) in [6.45, 7) is 14.1. The van der Waals surface area contributed by atoms with Crippen LogP contribution >= 0.6 is 11.8 Å². The van der Waals surface area contributed by atoms with Crippen LogP contribution in [-0.2, 0) is 12.5 Å². The van der Waals surface area contributed by atoms with Gasteiger partial charge >= 0.3 is 0 Å². The van der Waals surface area contributed by atoms with Crippen molar-refractivity contribution in [1.82, 2.24) is 29.6 Å². The zero-order valence-electron chi connectivity index (χ0n) is 19.8. The molecule has 0 N–H and O–H groups in total. The van der Waals surface area contributed by atoms with Crippen LogP contribution in [0.2, 0.25) is 0 Å². The van der Waals surface area contributed by atoms with Crippen LogP contribution in [0.1, 0.15) is 69.7 Å². The Hall–Kier alpha value is -1.67. The molecule has 0 radical (unpaired) electrons. The van der Waals surface area contributed by atoms with Crippen LogP contribution in [0, 0.1) is 6.92 Å². The van der Waals surface area contributed by atoms with Gasteiger partial charge in [-0.25, -0.2) is 9.97 Å². The molecule has 1 aliphatic heterocycles. The standard InChI is InChI=1S/C23H37N7S/c1-17-26-27-22(28(17)5)31-15-7-10-29-11-13-30(14-12-29)20-16-19(18-8-6-9-18)24-21(25-20)23(2,3)4/h16,18H,6-15H2,1-5H3. The fourth-order valence-electron chi connectivity index (χ4n) is 4.03. The first-order chi connectivity index (χ1) is 14.8. The van der Waals surface area contributed by atoms with Crippen LogP contribution in [-0.4, -0.2) is 68.1 Å². The first-order valence-corrected chi connectivity index (χ1v) is 12.7. The first-order valence-electron chi connectivity index (χ1n) is 11.7. The third-order valence-corrected chi connectivity index (χ3v) is 7.63. The maximum absolute atomic E-state index is 4.99. The van der Waals surface area contributed by atoms with E-state index in [2.05, 4.69) is 51.4 Å². The van der Waals surface area contributed by atoms with Gasteiger partial charge in [0.15, 0.2) is 5.16 Å². The molecule has 7 nitrogen and oxygen atoms in total. The zero-order valence-corrected chi connectivity index (χ0v) is 20.6. The molecule has 0 aromatic carbocycles. The SMILES string of the molecule is Cc1nnc(SCCCN2CCN(c3cc(C4CCC4)nc(C(C)(C)C)n3)CC2)n1C. The second-order valence-electron chi connectivity index (χ2n) is 9.97.